The highest BCUT2D eigenvalue weighted by atomic mass is 32.2. The number of carbonyl (C=O) groups excluding carboxylic acids is 3. The highest BCUT2D eigenvalue weighted by Gasteiger charge is 2.56. The lowest BCUT2D eigenvalue weighted by atomic mass is 10.1. The number of sulfonamides is 1. The van der Waals surface area contributed by atoms with Crippen molar-refractivity contribution in [2.24, 2.45) is 0 Å². The molecule has 0 unspecified atom stereocenters. The lowest BCUT2D eigenvalue weighted by molar-refractivity contribution is -0.129. The third kappa shape index (κ3) is 4.13. The number of hydrogen-bond donors (Lipinski definition) is 1. The van der Waals surface area contributed by atoms with Crippen molar-refractivity contribution >= 4 is 28.0 Å². The fourth-order valence-corrected chi connectivity index (χ4v) is 6.07. The molecule has 3 aliphatic heterocycles. The Kier molecular flexibility index (Phi) is 5.75. The summed E-state index contributed by atoms with van der Waals surface area (Å²) in [5.41, 5.74) is 1.10. The number of hydrogen-bond acceptors (Lipinski definition) is 5. The summed E-state index contributed by atoms with van der Waals surface area (Å²) in [5, 5.41) is 2.65. The van der Waals surface area contributed by atoms with Crippen LogP contribution >= 0.6 is 0 Å². The van der Waals surface area contributed by atoms with Gasteiger partial charge in [-0.05, 0) is 18.4 Å². The van der Waals surface area contributed by atoms with Gasteiger partial charge in [0.2, 0.25) is 10.0 Å². The van der Waals surface area contributed by atoms with Gasteiger partial charge in [-0.2, -0.15) is 4.31 Å². The van der Waals surface area contributed by atoms with Crippen LogP contribution in [0.1, 0.15) is 24.3 Å². The minimum Gasteiger partial charge on any atom is -0.332 e. The van der Waals surface area contributed by atoms with Crippen LogP contribution in [0.15, 0.2) is 30.3 Å². The van der Waals surface area contributed by atoms with Crippen molar-refractivity contribution < 1.29 is 27.2 Å². The summed E-state index contributed by atoms with van der Waals surface area (Å²) in [6.45, 7) is 0.349. The number of imide groups is 1. The van der Waals surface area contributed by atoms with E-state index >= 15 is 0 Å². The minimum atomic E-state index is -3.49. The van der Waals surface area contributed by atoms with Crippen molar-refractivity contribution in [3.8, 4) is 0 Å². The highest BCUT2D eigenvalue weighted by molar-refractivity contribution is 7.88. The number of benzene rings is 1. The smallest absolute Gasteiger partial charge is 0.327 e. The molecule has 1 aliphatic carbocycles. The van der Waals surface area contributed by atoms with Crippen LogP contribution in [0.3, 0.4) is 0 Å². The van der Waals surface area contributed by atoms with Crippen LogP contribution in [-0.4, -0.2) is 109 Å². The van der Waals surface area contributed by atoms with Gasteiger partial charge in [-0.15, -0.1) is 0 Å². The quantitative estimate of drug-likeness (QED) is 0.617. The molecule has 10 nitrogen and oxygen atoms in total. The molecule has 1 N–H and O–H groups in total. The van der Waals surface area contributed by atoms with Crippen LogP contribution in [0.4, 0.5) is 14.0 Å². The summed E-state index contributed by atoms with van der Waals surface area (Å²) < 4.78 is 38.9. The van der Waals surface area contributed by atoms with Gasteiger partial charge in [-0.3, -0.25) is 9.69 Å². The topological polar surface area (TPSA) is 110 Å². The number of alkyl halides is 1. The Balaban J connectivity index is 1.19. The number of halogens is 1. The molecule has 1 aromatic rings. The normalized spacial score (nSPS) is 32.1. The molecule has 0 aromatic heterocycles. The molecule has 3 heterocycles. The van der Waals surface area contributed by atoms with Crippen LogP contribution in [0.2, 0.25) is 0 Å². The van der Waals surface area contributed by atoms with Gasteiger partial charge in [0.15, 0.2) is 0 Å². The maximum atomic E-state index is 14.6. The van der Waals surface area contributed by atoms with E-state index in [1.807, 2.05) is 30.3 Å². The molecule has 12 heteroatoms. The fourth-order valence-electron chi connectivity index (χ4n) is 5.22. The van der Waals surface area contributed by atoms with Crippen LogP contribution in [-0.2, 0) is 14.8 Å². The van der Waals surface area contributed by atoms with Gasteiger partial charge in [0.1, 0.15) is 12.2 Å². The Morgan fingerprint density at radius 1 is 1.09 bits per heavy atom. The van der Waals surface area contributed by atoms with E-state index in [-0.39, 0.29) is 63.0 Å². The third-order valence-corrected chi connectivity index (χ3v) is 8.51. The SMILES string of the molecule is CS(=O)(=O)N1CC[C@H](NC(=O)N2CCN3C(=O)N([C@H]4C[C@@H]4c4ccccc4)C(=O)[C@@H]3C2)[C@H](F)C1. The second-order valence-corrected chi connectivity index (χ2v) is 11.4. The first-order valence-electron chi connectivity index (χ1n) is 11.5. The number of carbonyl (C=O) groups is 3. The van der Waals surface area contributed by atoms with E-state index in [0.29, 0.717) is 0 Å². The number of amides is 5. The molecule has 34 heavy (non-hydrogen) atoms. The number of piperidine rings is 1. The Labute approximate surface area is 197 Å². The van der Waals surface area contributed by atoms with Crippen molar-refractivity contribution in [1.29, 1.82) is 0 Å². The summed E-state index contributed by atoms with van der Waals surface area (Å²) in [5.74, 6) is -0.162. The second-order valence-electron chi connectivity index (χ2n) is 9.45. The molecular weight excluding hydrogens is 465 g/mol. The van der Waals surface area contributed by atoms with Crippen molar-refractivity contribution in [1.82, 2.24) is 24.3 Å². The molecule has 0 bridgehead atoms. The zero-order valence-corrected chi connectivity index (χ0v) is 19.7. The van der Waals surface area contributed by atoms with Gasteiger partial charge in [-0.1, -0.05) is 30.3 Å². The zero-order chi connectivity index (χ0) is 24.2. The van der Waals surface area contributed by atoms with Gasteiger partial charge in [-0.25, -0.2) is 22.4 Å². The van der Waals surface area contributed by atoms with Crippen LogP contribution in [0, 0.1) is 0 Å². The molecule has 5 atom stereocenters. The summed E-state index contributed by atoms with van der Waals surface area (Å²) in [6.07, 6.45) is 0.405. The van der Waals surface area contributed by atoms with E-state index in [0.717, 1.165) is 22.5 Å². The second kappa shape index (κ2) is 8.49. The first-order valence-corrected chi connectivity index (χ1v) is 13.3. The van der Waals surface area contributed by atoms with E-state index < -0.39 is 34.3 Å². The van der Waals surface area contributed by atoms with Crippen molar-refractivity contribution in [3.05, 3.63) is 35.9 Å². The van der Waals surface area contributed by atoms with Crippen LogP contribution < -0.4 is 5.32 Å². The van der Waals surface area contributed by atoms with Gasteiger partial charge in [0, 0.05) is 38.1 Å². The third-order valence-electron chi connectivity index (χ3n) is 7.24. The van der Waals surface area contributed by atoms with Crippen molar-refractivity contribution in [2.45, 2.75) is 43.1 Å². The summed E-state index contributed by atoms with van der Waals surface area (Å²) in [7, 11) is -3.49. The van der Waals surface area contributed by atoms with Gasteiger partial charge < -0.3 is 15.1 Å². The minimum absolute atomic E-state index is 0.0504. The summed E-state index contributed by atoms with van der Waals surface area (Å²) in [6, 6.07) is 7.26. The van der Waals surface area contributed by atoms with Crippen LogP contribution in [0.25, 0.3) is 0 Å². The summed E-state index contributed by atoms with van der Waals surface area (Å²) in [4.78, 5) is 43.2. The van der Waals surface area contributed by atoms with E-state index in [9.17, 15) is 27.2 Å². The van der Waals surface area contributed by atoms with Gasteiger partial charge in [0.05, 0.1) is 18.8 Å². The number of piperazine rings is 1. The maximum absolute atomic E-state index is 14.6. The average molecular weight is 494 g/mol. The maximum Gasteiger partial charge on any atom is 0.327 e. The standard InChI is InChI=1S/C22H28FN5O5S/c1-34(32,33)26-8-7-17(16(23)12-26)24-21(30)25-9-10-27-19(13-25)20(29)28(22(27)31)18-11-15(18)14-5-3-2-4-6-14/h2-6,15-19H,7-13H2,1H3,(H,24,30)/t15-,16-,17+,18+,19+/m1/s1. The molecular formula is C22H28FN5O5S. The van der Waals surface area contributed by atoms with E-state index in [4.69, 9.17) is 0 Å². The summed E-state index contributed by atoms with van der Waals surface area (Å²) >= 11 is 0. The molecule has 4 fully saturated rings. The first kappa shape index (κ1) is 23.0. The first-order chi connectivity index (χ1) is 16.1. The predicted molar refractivity (Wildman–Crippen MR) is 120 cm³/mol. The molecule has 3 saturated heterocycles. The molecule has 4 aliphatic rings. The van der Waals surface area contributed by atoms with E-state index in [1.165, 1.54) is 14.7 Å². The number of fused-ring (bicyclic) bond motifs is 1. The molecule has 1 saturated carbocycles. The van der Waals surface area contributed by atoms with Crippen LogP contribution in [0.5, 0.6) is 0 Å². The molecule has 0 spiro atoms. The lowest BCUT2D eigenvalue weighted by Gasteiger charge is -2.38. The molecule has 5 amide bonds. The van der Waals surface area contributed by atoms with Gasteiger partial charge >= 0.3 is 12.1 Å². The zero-order valence-electron chi connectivity index (χ0n) is 18.8. The monoisotopic (exact) mass is 493 g/mol. The van der Waals surface area contributed by atoms with Gasteiger partial charge in [0.25, 0.3) is 5.91 Å². The molecule has 1 aromatic carbocycles. The van der Waals surface area contributed by atoms with Crippen molar-refractivity contribution in [3.63, 3.8) is 0 Å². The number of rotatable bonds is 4. The number of nitrogens with zero attached hydrogens (tertiary/aromatic N) is 4. The van der Waals surface area contributed by atoms with E-state index in [1.54, 1.807) is 0 Å². The predicted octanol–water partition coefficient (Wildman–Crippen LogP) is 0.573. The fraction of sp³-hybridized carbons (Fsp3) is 0.591. The Bertz CT molecular complexity index is 1100. The van der Waals surface area contributed by atoms with E-state index in [2.05, 4.69) is 5.32 Å². The highest BCUT2D eigenvalue weighted by Crippen LogP contribution is 2.46. The molecule has 0 radical (unpaired) electrons. The Morgan fingerprint density at radius 2 is 1.82 bits per heavy atom. The molecule has 5 rings (SSSR count). The average Bonchev–Trinajstić information content (AvgIpc) is 3.55. The number of urea groups is 2. The Hall–Kier alpha value is -2.73. The number of nitrogens with one attached hydrogen (secondary N) is 1. The lowest BCUT2D eigenvalue weighted by Crippen LogP contribution is -2.60. The largest absolute Gasteiger partial charge is 0.332 e. The van der Waals surface area contributed by atoms with Crippen molar-refractivity contribution in [2.75, 3.05) is 39.0 Å². The Morgan fingerprint density at radius 3 is 2.50 bits per heavy atom. The molecule has 184 valence electrons.